The number of carbonyl (C=O) groups excluding carboxylic acids is 1. The van der Waals surface area contributed by atoms with Crippen LogP contribution < -0.4 is 9.47 Å². The number of aryl methyl sites for hydroxylation is 1. The molecule has 9 heteroatoms. The summed E-state index contributed by atoms with van der Waals surface area (Å²) >= 11 is 1.51. The highest BCUT2D eigenvalue weighted by Crippen LogP contribution is 2.34. The number of amides is 1. The normalized spacial score (nSPS) is 13.3. The largest absolute Gasteiger partial charge is 0.497 e. The molecule has 0 spiro atoms. The van der Waals surface area contributed by atoms with Crippen molar-refractivity contribution in [2.45, 2.75) is 26.2 Å². The third kappa shape index (κ3) is 4.75. The Morgan fingerprint density at radius 2 is 2.03 bits per heavy atom. The third-order valence-corrected chi connectivity index (χ3v) is 6.98. The van der Waals surface area contributed by atoms with Crippen LogP contribution in [0.1, 0.15) is 34.2 Å². The van der Waals surface area contributed by atoms with E-state index in [4.69, 9.17) is 9.47 Å². The molecule has 4 aromatic rings. The van der Waals surface area contributed by atoms with Crippen molar-refractivity contribution in [2.24, 2.45) is 5.92 Å². The van der Waals surface area contributed by atoms with Crippen molar-refractivity contribution in [3.05, 3.63) is 53.1 Å². The molecule has 3 heterocycles. The molecule has 34 heavy (non-hydrogen) atoms. The fourth-order valence-corrected chi connectivity index (χ4v) is 4.87. The van der Waals surface area contributed by atoms with Gasteiger partial charge in [0.2, 0.25) is 5.88 Å². The zero-order valence-electron chi connectivity index (χ0n) is 19.5. The molecule has 1 saturated carbocycles. The lowest BCUT2D eigenvalue weighted by molar-refractivity contribution is 0.0744. The van der Waals surface area contributed by atoms with Crippen LogP contribution in [0.3, 0.4) is 0 Å². The number of ether oxygens (including phenoxy) is 2. The highest BCUT2D eigenvalue weighted by molar-refractivity contribution is 7.15. The van der Waals surface area contributed by atoms with E-state index in [-0.39, 0.29) is 5.91 Å². The van der Waals surface area contributed by atoms with Crippen molar-refractivity contribution < 1.29 is 14.3 Å². The van der Waals surface area contributed by atoms with Crippen LogP contribution in [0, 0.1) is 12.8 Å². The van der Waals surface area contributed by atoms with Gasteiger partial charge in [-0.1, -0.05) is 0 Å². The summed E-state index contributed by atoms with van der Waals surface area (Å²) < 4.78 is 10.5. The predicted molar refractivity (Wildman–Crippen MR) is 132 cm³/mol. The molecule has 1 aliphatic rings. The predicted octanol–water partition coefficient (Wildman–Crippen LogP) is 4.50. The molecule has 0 saturated heterocycles. The number of benzene rings is 1. The molecule has 0 aliphatic heterocycles. The molecule has 1 N–H and O–H groups in total. The van der Waals surface area contributed by atoms with E-state index in [1.165, 1.54) is 24.2 Å². The number of nitrogens with one attached hydrogen (secondary N) is 1. The highest BCUT2D eigenvalue weighted by atomic mass is 32.1. The van der Waals surface area contributed by atoms with Gasteiger partial charge in [-0.15, -0.1) is 11.3 Å². The molecule has 0 bridgehead atoms. The van der Waals surface area contributed by atoms with Crippen LogP contribution >= 0.6 is 11.3 Å². The quantitative estimate of drug-likeness (QED) is 0.381. The first-order chi connectivity index (χ1) is 16.5. The second kappa shape index (κ2) is 9.42. The molecule has 1 amide bonds. The Morgan fingerprint density at radius 3 is 2.74 bits per heavy atom. The molecule has 0 radical (unpaired) electrons. The van der Waals surface area contributed by atoms with Crippen LogP contribution in [0.5, 0.6) is 11.6 Å². The van der Waals surface area contributed by atoms with Crippen LogP contribution in [0.2, 0.25) is 0 Å². The van der Waals surface area contributed by atoms with E-state index in [9.17, 15) is 4.79 Å². The van der Waals surface area contributed by atoms with Gasteiger partial charge in [0.1, 0.15) is 17.3 Å². The number of carbonyl (C=O) groups is 1. The summed E-state index contributed by atoms with van der Waals surface area (Å²) in [5, 5.41) is 0.853. The van der Waals surface area contributed by atoms with E-state index in [1.807, 2.05) is 36.1 Å². The molecule has 1 aliphatic carbocycles. The second-order valence-corrected chi connectivity index (χ2v) is 9.71. The fraction of sp³-hybridized carbons (Fsp3) is 0.360. The third-order valence-electron chi connectivity index (χ3n) is 5.96. The number of pyridine rings is 1. The van der Waals surface area contributed by atoms with Gasteiger partial charge < -0.3 is 19.4 Å². The molecular weight excluding hydrogens is 450 g/mol. The Morgan fingerprint density at radius 1 is 1.18 bits per heavy atom. The van der Waals surface area contributed by atoms with Gasteiger partial charge in [-0.3, -0.25) is 4.79 Å². The molecule has 176 valence electrons. The number of hydrogen-bond donors (Lipinski definition) is 1. The Bertz CT molecular complexity index is 1310. The molecule has 5 rings (SSSR count). The lowest BCUT2D eigenvalue weighted by Gasteiger charge is -2.22. The van der Waals surface area contributed by atoms with Crippen molar-refractivity contribution in [3.63, 3.8) is 0 Å². The molecule has 3 aromatic heterocycles. The van der Waals surface area contributed by atoms with Gasteiger partial charge in [-0.2, -0.15) is 0 Å². The Kier molecular flexibility index (Phi) is 6.19. The number of fused-ring (bicyclic) bond motifs is 1. The fourth-order valence-electron chi connectivity index (χ4n) is 3.97. The summed E-state index contributed by atoms with van der Waals surface area (Å²) in [6, 6.07) is 9.50. The summed E-state index contributed by atoms with van der Waals surface area (Å²) in [6.07, 6.45) is 4.70. The Hall–Kier alpha value is -3.46. The minimum atomic E-state index is -0.0418. The molecule has 8 nitrogen and oxygen atoms in total. The number of rotatable bonds is 9. The lowest BCUT2D eigenvalue weighted by Crippen LogP contribution is -2.35. The summed E-state index contributed by atoms with van der Waals surface area (Å²) in [6.45, 7) is 3.24. The maximum atomic E-state index is 13.7. The van der Waals surface area contributed by atoms with Crippen LogP contribution in [-0.4, -0.2) is 58.1 Å². The second-order valence-electron chi connectivity index (χ2n) is 8.51. The van der Waals surface area contributed by atoms with Gasteiger partial charge in [0.25, 0.3) is 5.91 Å². The standard InChI is InChI=1S/C25H27N5O3S/c1-15-27-23(24(34-15)17-6-9-22(33-3)26-13-17)25(31)30(14-16-4-5-16)11-10-21-28-19-8-7-18(32-2)12-20(19)29-21/h6-9,12-13,16H,4-5,10-11,14H2,1-3H3,(H,28,29). The molecular formula is C25H27N5O3S. The van der Waals surface area contributed by atoms with Crippen LogP contribution in [0.15, 0.2) is 36.5 Å². The average Bonchev–Trinajstić information content (AvgIpc) is 3.45. The van der Waals surface area contributed by atoms with Crippen molar-refractivity contribution in [1.29, 1.82) is 0 Å². The van der Waals surface area contributed by atoms with Crippen molar-refractivity contribution in [2.75, 3.05) is 27.3 Å². The summed E-state index contributed by atoms with van der Waals surface area (Å²) in [4.78, 5) is 33.4. The molecule has 0 atom stereocenters. The van der Waals surface area contributed by atoms with Crippen LogP contribution in [0.4, 0.5) is 0 Å². The molecule has 1 fully saturated rings. The number of H-pyrrole nitrogens is 1. The Balaban J connectivity index is 1.38. The van der Waals surface area contributed by atoms with E-state index in [0.29, 0.717) is 30.5 Å². The van der Waals surface area contributed by atoms with E-state index in [1.54, 1.807) is 26.5 Å². The monoisotopic (exact) mass is 477 g/mol. The van der Waals surface area contributed by atoms with Gasteiger partial charge in [0.15, 0.2) is 0 Å². The lowest BCUT2D eigenvalue weighted by atomic mass is 10.2. The highest BCUT2D eigenvalue weighted by Gasteiger charge is 2.30. The maximum Gasteiger partial charge on any atom is 0.274 e. The number of imidazole rings is 1. The average molecular weight is 478 g/mol. The SMILES string of the molecule is COc1ccc2nc(CCN(CC3CC3)C(=O)c3nc(C)sc3-c3ccc(OC)nc3)[nH]c2c1. The number of hydrogen-bond acceptors (Lipinski definition) is 7. The zero-order chi connectivity index (χ0) is 23.7. The summed E-state index contributed by atoms with van der Waals surface area (Å²) in [5.41, 5.74) is 3.18. The first kappa shape index (κ1) is 22.3. The topological polar surface area (TPSA) is 93.2 Å². The van der Waals surface area contributed by atoms with E-state index < -0.39 is 0 Å². The van der Waals surface area contributed by atoms with Gasteiger partial charge in [0.05, 0.1) is 35.1 Å². The minimum Gasteiger partial charge on any atom is -0.497 e. The van der Waals surface area contributed by atoms with Gasteiger partial charge in [-0.25, -0.2) is 15.0 Å². The van der Waals surface area contributed by atoms with Gasteiger partial charge >= 0.3 is 0 Å². The molecule has 1 aromatic carbocycles. The molecule has 0 unspecified atom stereocenters. The number of aromatic nitrogens is 4. The maximum absolute atomic E-state index is 13.7. The summed E-state index contributed by atoms with van der Waals surface area (Å²) in [5.74, 6) is 2.70. The van der Waals surface area contributed by atoms with E-state index >= 15 is 0 Å². The number of methoxy groups -OCH3 is 2. The summed E-state index contributed by atoms with van der Waals surface area (Å²) in [7, 11) is 3.23. The first-order valence-corrected chi connectivity index (χ1v) is 12.2. The van der Waals surface area contributed by atoms with Crippen LogP contribution in [-0.2, 0) is 6.42 Å². The minimum absolute atomic E-state index is 0.0418. The van der Waals surface area contributed by atoms with Crippen molar-refractivity contribution >= 4 is 28.3 Å². The van der Waals surface area contributed by atoms with E-state index in [2.05, 4.69) is 19.9 Å². The smallest absolute Gasteiger partial charge is 0.274 e. The van der Waals surface area contributed by atoms with Crippen LogP contribution in [0.25, 0.3) is 21.5 Å². The van der Waals surface area contributed by atoms with Crippen molar-refractivity contribution in [1.82, 2.24) is 24.8 Å². The van der Waals surface area contributed by atoms with Gasteiger partial charge in [0, 0.05) is 43.4 Å². The van der Waals surface area contributed by atoms with Gasteiger partial charge in [-0.05, 0) is 43.9 Å². The Labute approximate surface area is 202 Å². The number of aromatic amines is 1. The number of nitrogens with zero attached hydrogens (tertiary/aromatic N) is 4. The van der Waals surface area contributed by atoms with Crippen molar-refractivity contribution in [3.8, 4) is 22.1 Å². The zero-order valence-corrected chi connectivity index (χ0v) is 20.3. The first-order valence-electron chi connectivity index (χ1n) is 11.3. The number of thiazole rings is 1. The van der Waals surface area contributed by atoms with E-state index in [0.717, 1.165) is 44.6 Å².